The molecule has 25 heavy (non-hydrogen) atoms. The first kappa shape index (κ1) is 19.0. The van der Waals surface area contributed by atoms with E-state index in [4.69, 9.17) is 4.42 Å². The minimum atomic E-state index is -0.256. The number of furan rings is 1. The van der Waals surface area contributed by atoms with Gasteiger partial charge < -0.3 is 13.9 Å². The lowest BCUT2D eigenvalue weighted by atomic mass is 10.0. The van der Waals surface area contributed by atoms with Crippen LogP contribution in [-0.4, -0.2) is 21.4 Å². The molecule has 0 saturated heterocycles. The Bertz CT molecular complexity index is 773. The molecule has 2 heterocycles. The number of hydrogen-bond acceptors (Lipinski definition) is 3. The number of rotatable bonds is 6. The molecule has 0 aliphatic carbocycles. The highest BCUT2D eigenvalue weighted by Crippen LogP contribution is 2.18. The second-order valence-corrected chi connectivity index (χ2v) is 7.19. The molecule has 1 amide bonds. The summed E-state index contributed by atoms with van der Waals surface area (Å²) in [6.07, 6.45) is 1.59. The first-order chi connectivity index (χ1) is 11.7. The third-order valence-electron chi connectivity index (χ3n) is 4.79. The monoisotopic (exact) mass is 344 g/mol. The van der Waals surface area contributed by atoms with Gasteiger partial charge in [-0.15, -0.1) is 0 Å². The van der Waals surface area contributed by atoms with Gasteiger partial charge in [0, 0.05) is 18.8 Å². The maximum absolute atomic E-state index is 13.1. The van der Waals surface area contributed by atoms with E-state index in [1.807, 2.05) is 32.9 Å². The zero-order valence-electron chi connectivity index (χ0n) is 15.9. The van der Waals surface area contributed by atoms with Crippen molar-refractivity contribution < 1.29 is 9.21 Å². The van der Waals surface area contributed by atoms with Crippen LogP contribution in [0, 0.1) is 5.92 Å². The third-order valence-corrected chi connectivity index (χ3v) is 4.79. The standard InChI is InChI=1S/C20H28N2O3/c1-13(2)15(5)22(12-16-8-7-11-25-16)20(24)17-9-10-18(14(3)4)21(6)19(17)23/h7-11,13-15H,12H2,1-6H3/t15-/m0/s1. The number of nitrogens with zero attached hydrogens (tertiary/aromatic N) is 2. The molecule has 136 valence electrons. The van der Waals surface area contributed by atoms with Crippen molar-refractivity contribution in [2.45, 2.75) is 53.1 Å². The van der Waals surface area contributed by atoms with E-state index in [1.54, 1.807) is 34.9 Å². The van der Waals surface area contributed by atoms with Crippen molar-refractivity contribution in [3.8, 4) is 0 Å². The van der Waals surface area contributed by atoms with Gasteiger partial charge in [-0.1, -0.05) is 27.7 Å². The number of amides is 1. The van der Waals surface area contributed by atoms with E-state index in [1.165, 1.54) is 0 Å². The molecule has 0 bridgehead atoms. The van der Waals surface area contributed by atoms with E-state index in [2.05, 4.69) is 13.8 Å². The molecule has 0 radical (unpaired) electrons. The summed E-state index contributed by atoms with van der Waals surface area (Å²) in [6, 6.07) is 7.14. The fourth-order valence-electron chi connectivity index (χ4n) is 2.88. The van der Waals surface area contributed by atoms with Crippen molar-refractivity contribution in [3.05, 3.63) is 57.9 Å². The highest BCUT2D eigenvalue weighted by molar-refractivity contribution is 5.94. The van der Waals surface area contributed by atoms with E-state index in [0.717, 1.165) is 5.69 Å². The minimum Gasteiger partial charge on any atom is -0.467 e. The Hall–Kier alpha value is -2.30. The van der Waals surface area contributed by atoms with Crippen molar-refractivity contribution in [1.29, 1.82) is 0 Å². The summed E-state index contributed by atoms with van der Waals surface area (Å²) in [7, 11) is 1.72. The number of carbonyl (C=O) groups is 1. The summed E-state index contributed by atoms with van der Waals surface area (Å²) in [5, 5.41) is 0. The Labute approximate surface area is 149 Å². The second-order valence-electron chi connectivity index (χ2n) is 7.19. The van der Waals surface area contributed by atoms with Gasteiger partial charge >= 0.3 is 0 Å². The van der Waals surface area contributed by atoms with Gasteiger partial charge in [0.25, 0.3) is 11.5 Å². The molecule has 2 aromatic rings. The van der Waals surface area contributed by atoms with Crippen molar-refractivity contribution in [2.24, 2.45) is 13.0 Å². The highest BCUT2D eigenvalue weighted by Gasteiger charge is 2.27. The zero-order valence-corrected chi connectivity index (χ0v) is 15.9. The molecule has 0 aliphatic heterocycles. The summed E-state index contributed by atoms with van der Waals surface area (Å²) < 4.78 is 6.98. The predicted molar refractivity (Wildman–Crippen MR) is 98.7 cm³/mol. The predicted octanol–water partition coefficient (Wildman–Crippen LogP) is 3.79. The van der Waals surface area contributed by atoms with Crippen LogP contribution < -0.4 is 5.56 Å². The van der Waals surface area contributed by atoms with Gasteiger partial charge in [0.1, 0.15) is 11.3 Å². The first-order valence-corrected chi connectivity index (χ1v) is 8.77. The molecule has 0 unspecified atom stereocenters. The maximum Gasteiger partial charge on any atom is 0.263 e. The molecule has 0 N–H and O–H groups in total. The van der Waals surface area contributed by atoms with Crippen LogP contribution in [0.2, 0.25) is 0 Å². The Morgan fingerprint density at radius 1 is 1.16 bits per heavy atom. The molecule has 2 aromatic heterocycles. The molecular weight excluding hydrogens is 316 g/mol. The summed E-state index contributed by atoms with van der Waals surface area (Å²) >= 11 is 0. The van der Waals surface area contributed by atoms with Gasteiger partial charge in [0.05, 0.1) is 12.8 Å². The summed E-state index contributed by atoms with van der Waals surface area (Å²) in [5.74, 6) is 0.929. The smallest absolute Gasteiger partial charge is 0.263 e. The molecule has 0 fully saturated rings. The molecule has 0 saturated carbocycles. The molecule has 1 atom stereocenters. The molecule has 0 aromatic carbocycles. The van der Waals surface area contributed by atoms with E-state index in [9.17, 15) is 9.59 Å². The summed E-state index contributed by atoms with van der Waals surface area (Å²) in [4.78, 5) is 27.6. The topological polar surface area (TPSA) is 55.5 Å². The Balaban J connectivity index is 2.42. The van der Waals surface area contributed by atoms with E-state index in [-0.39, 0.29) is 34.9 Å². The van der Waals surface area contributed by atoms with Crippen LogP contribution in [0.15, 0.2) is 39.7 Å². The quantitative estimate of drug-likeness (QED) is 0.801. The van der Waals surface area contributed by atoms with Gasteiger partial charge in [-0.3, -0.25) is 9.59 Å². The fraction of sp³-hybridized carbons (Fsp3) is 0.500. The van der Waals surface area contributed by atoms with Gasteiger partial charge in [-0.05, 0) is 43.0 Å². The highest BCUT2D eigenvalue weighted by atomic mass is 16.3. The van der Waals surface area contributed by atoms with E-state index in [0.29, 0.717) is 12.3 Å². The Morgan fingerprint density at radius 3 is 2.36 bits per heavy atom. The van der Waals surface area contributed by atoms with E-state index < -0.39 is 0 Å². The summed E-state index contributed by atoms with van der Waals surface area (Å²) in [6.45, 7) is 10.5. The van der Waals surface area contributed by atoms with Crippen LogP contribution in [0.1, 0.15) is 62.3 Å². The average molecular weight is 344 g/mol. The van der Waals surface area contributed by atoms with E-state index >= 15 is 0 Å². The van der Waals surface area contributed by atoms with Gasteiger partial charge in [0.2, 0.25) is 0 Å². The molecule has 2 rings (SSSR count). The van der Waals surface area contributed by atoms with Crippen molar-refractivity contribution >= 4 is 5.91 Å². The summed E-state index contributed by atoms with van der Waals surface area (Å²) in [5.41, 5.74) is 0.860. The van der Waals surface area contributed by atoms with Crippen molar-refractivity contribution in [1.82, 2.24) is 9.47 Å². The van der Waals surface area contributed by atoms with Gasteiger partial charge in [-0.2, -0.15) is 0 Å². The maximum atomic E-state index is 13.1. The zero-order chi connectivity index (χ0) is 18.7. The average Bonchev–Trinajstić information content (AvgIpc) is 3.06. The van der Waals surface area contributed by atoms with Crippen LogP contribution in [0.4, 0.5) is 0 Å². The van der Waals surface area contributed by atoms with Crippen LogP contribution >= 0.6 is 0 Å². The van der Waals surface area contributed by atoms with Crippen LogP contribution in [0.3, 0.4) is 0 Å². The molecular formula is C20H28N2O3. The SMILES string of the molecule is CC(C)c1ccc(C(=O)N(Cc2ccco2)[C@@H](C)C(C)C)c(=O)n1C. The van der Waals surface area contributed by atoms with Crippen molar-refractivity contribution in [3.63, 3.8) is 0 Å². The molecule has 5 heteroatoms. The fourth-order valence-corrected chi connectivity index (χ4v) is 2.88. The largest absolute Gasteiger partial charge is 0.467 e. The first-order valence-electron chi connectivity index (χ1n) is 8.77. The second kappa shape index (κ2) is 7.72. The van der Waals surface area contributed by atoms with Crippen LogP contribution in [-0.2, 0) is 13.6 Å². The lowest BCUT2D eigenvalue weighted by molar-refractivity contribution is 0.0608. The normalized spacial score (nSPS) is 12.6. The lowest BCUT2D eigenvalue weighted by Crippen LogP contribution is -2.43. The Kier molecular flexibility index (Phi) is 5.88. The molecule has 0 spiro atoms. The number of carbonyl (C=O) groups excluding carboxylic acids is 1. The van der Waals surface area contributed by atoms with Crippen LogP contribution in [0.5, 0.6) is 0 Å². The number of aromatic nitrogens is 1. The lowest BCUT2D eigenvalue weighted by Gasteiger charge is -2.31. The Morgan fingerprint density at radius 2 is 1.84 bits per heavy atom. The third kappa shape index (κ3) is 4.03. The van der Waals surface area contributed by atoms with Crippen LogP contribution in [0.25, 0.3) is 0 Å². The number of pyridine rings is 1. The minimum absolute atomic E-state index is 0.0212. The van der Waals surface area contributed by atoms with Crippen molar-refractivity contribution in [2.75, 3.05) is 0 Å². The van der Waals surface area contributed by atoms with Gasteiger partial charge in [0.15, 0.2) is 0 Å². The van der Waals surface area contributed by atoms with Gasteiger partial charge in [-0.25, -0.2) is 0 Å². The molecule has 0 aliphatic rings. The molecule has 5 nitrogen and oxygen atoms in total. The number of hydrogen-bond donors (Lipinski definition) is 0.